The Kier molecular flexibility index (Phi) is 5.93. The van der Waals surface area contributed by atoms with Crippen LogP contribution < -0.4 is 4.90 Å². The summed E-state index contributed by atoms with van der Waals surface area (Å²) in [6.45, 7) is 2.79. The maximum Gasteiger partial charge on any atom is 0.303 e. The third-order valence-corrected chi connectivity index (χ3v) is 5.32. The fourth-order valence-electron chi connectivity index (χ4n) is 3.83. The van der Waals surface area contributed by atoms with Crippen LogP contribution in [-0.4, -0.2) is 28.0 Å². The third kappa shape index (κ3) is 4.43. The Hall–Kier alpha value is -3.41. The van der Waals surface area contributed by atoms with Crippen molar-refractivity contribution >= 4 is 17.6 Å². The fraction of sp³-hybridized carbons (Fsp3) is 0.292. The minimum absolute atomic E-state index is 0.193. The lowest BCUT2D eigenvalue weighted by Crippen LogP contribution is -2.35. The average Bonchev–Trinajstić information content (AvgIpc) is 3.21. The molecule has 1 saturated heterocycles. The number of benzene rings is 2. The highest BCUT2D eigenvalue weighted by Crippen LogP contribution is 2.27. The minimum atomic E-state index is -0.517. The zero-order chi connectivity index (χ0) is 20.9. The van der Waals surface area contributed by atoms with Crippen molar-refractivity contribution in [3.8, 4) is 0 Å². The Labute approximate surface area is 176 Å². The van der Waals surface area contributed by atoms with Crippen LogP contribution in [0.3, 0.4) is 0 Å². The molecule has 1 fully saturated rings. The van der Waals surface area contributed by atoms with Gasteiger partial charge in [-0.05, 0) is 36.1 Å². The van der Waals surface area contributed by atoms with Gasteiger partial charge in [-0.25, -0.2) is 4.98 Å². The van der Waals surface area contributed by atoms with Gasteiger partial charge in [-0.1, -0.05) is 42.5 Å². The molecule has 2 heterocycles. The summed E-state index contributed by atoms with van der Waals surface area (Å²) in [7, 11) is 0. The number of aromatic nitrogens is 2. The molecule has 1 atom stereocenters. The third-order valence-electron chi connectivity index (χ3n) is 5.32. The second kappa shape index (κ2) is 8.95. The van der Waals surface area contributed by atoms with Crippen LogP contribution in [0, 0.1) is 0 Å². The van der Waals surface area contributed by atoms with Gasteiger partial charge in [-0.3, -0.25) is 9.59 Å². The first kappa shape index (κ1) is 19.9. The number of imidazole rings is 1. The van der Waals surface area contributed by atoms with E-state index in [-0.39, 0.29) is 11.9 Å². The fourth-order valence-corrected chi connectivity index (χ4v) is 3.83. The highest BCUT2D eigenvalue weighted by Gasteiger charge is 2.22. The lowest BCUT2D eigenvalue weighted by molar-refractivity contribution is -0.145. The first-order valence-electron chi connectivity index (χ1n) is 10.2. The van der Waals surface area contributed by atoms with Crippen LogP contribution in [0.1, 0.15) is 49.1 Å². The number of amides is 1. The Balaban J connectivity index is 1.55. The molecule has 0 bridgehead atoms. The van der Waals surface area contributed by atoms with Crippen LogP contribution in [0.15, 0.2) is 67.1 Å². The summed E-state index contributed by atoms with van der Waals surface area (Å²) >= 11 is 0. The van der Waals surface area contributed by atoms with Gasteiger partial charge in [0.1, 0.15) is 0 Å². The first-order chi connectivity index (χ1) is 14.6. The van der Waals surface area contributed by atoms with Crippen molar-refractivity contribution in [1.82, 2.24) is 9.55 Å². The van der Waals surface area contributed by atoms with E-state index in [1.165, 1.54) is 6.92 Å². The van der Waals surface area contributed by atoms with Crippen molar-refractivity contribution in [1.29, 1.82) is 0 Å². The Morgan fingerprint density at radius 2 is 1.87 bits per heavy atom. The zero-order valence-electron chi connectivity index (χ0n) is 17.0. The monoisotopic (exact) mass is 403 g/mol. The summed E-state index contributed by atoms with van der Waals surface area (Å²) in [6, 6.07) is 17.7. The molecule has 0 N–H and O–H groups in total. The van der Waals surface area contributed by atoms with E-state index in [0.29, 0.717) is 13.0 Å². The van der Waals surface area contributed by atoms with Gasteiger partial charge in [0.15, 0.2) is 6.10 Å². The molecular formula is C24H25N3O3. The van der Waals surface area contributed by atoms with Crippen LogP contribution >= 0.6 is 0 Å². The second-order valence-corrected chi connectivity index (χ2v) is 7.52. The maximum atomic E-state index is 12.2. The van der Waals surface area contributed by atoms with Crippen LogP contribution in [-0.2, 0) is 20.9 Å². The number of hydrogen-bond acceptors (Lipinski definition) is 4. The summed E-state index contributed by atoms with van der Waals surface area (Å²) in [4.78, 5) is 30.0. The number of esters is 1. The molecule has 1 aliphatic rings. The predicted molar refractivity (Wildman–Crippen MR) is 114 cm³/mol. The number of carbonyl (C=O) groups is 2. The molecule has 30 heavy (non-hydrogen) atoms. The van der Waals surface area contributed by atoms with Crippen molar-refractivity contribution in [3.63, 3.8) is 0 Å². The Bertz CT molecular complexity index is 1010. The van der Waals surface area contributed by atoms with Crippen molar-refractivity contribution in [3.05, 3.63) is 83.9 Å². The first-order valence-corrected chi connectivity index (χ1v) is 10.2. The lowest BCUT2D eigenvalue weighted by atomic mass is 10.1. The van der Waals surface area contributed by atoms with Gasteiger partial charge in [-0.15, -0.1) is 0 Å². The summed E-state index contributed by atoms with van der Waals surface area (Å²) in [5.74, 6) is -0.148. The Morgan fingerprint density at radius 1 is 1.10 bits per heavy atom. The van der Waals surface area contributed by atoms with Gasteiger partial charge in [-0.2, -0.15) is 0 Å². The maximum absolute atomic E-state index is 12.2. The molecule has 154 valence electrons. The van der Waals surface area contributed by atoms with Gasteiger partial charge in [0.05, 0.1) is 18.2 Å². The molecule has 4 rings (SSSR count). The van der Waals surface area contributed by atoms with E-state index >= 15 is 0 Å². The van der Waals surface area contributed by atoms with Gasteiger partial charge in [0, 0.05) is 32.1 Å². The highest BCUT2D eigenvalue weighted by molar-refractivity contribution is 5.93. The van der Waals surface area contributed by atoms with Gasteiger partial charge in [0.2, 0.25) is 5.91 Å². The molecule has 6 nitrogen and oxygen atoms in total. The van der Waals surface area contributed by atoms with Crippen molar-refractivity contribution in [2.45, 2.75) is 38.8 Å². The number of rotatable bonds is 6. The number of anilines is 1. The SMILES string of the molecule is CC(=O)OC(c1ccccc1)c1cncn1Cc1ccc(N2CCCCC2=O)cc1. The van der Waals surface area contributed by atoms with Crippen LogP contribution in [0.25, 0.3) is 0 Å². The van der Waals surface area contributed by atoms with Gasteiger partial charge in [0.25, 0.3) is 0 Å². The largest absolute Gasteiger partial charge is 0.451 e. The zero-order valence-corrected chi connectivity index (χ0v) is 17.0. The van der Waals surface area contributed by atoms with E-state index in [9.17, 15) is 9.59 Å². The summed E-state index contributed by atoms with van der Waals surface area (Å²) in [6.07, 6.45) is 5.61. The molecule has 1 amide bonds. The molecule has 0 spiro atoms. The summed E-state index contributed by atoms with van der Waals surface area (Å²) in [5.41, 5.74) is 3.73. The number of nitrogens with zero attached hydrogens (tertiary/aromatic N) is 3. The van der Waals surface area contributed by atoms with E-state index in [1.807, 2.05) is 64.1 Å². The quantitative estimate of drug-likeness (QED) is 0.581. The molecule has 1 unspecified atom stereocenters. The molecule has 0 aliphatic carbocycles. The van der Waals surface area contributed by atoms with Crippen LogP contribution in [0.5, 0.6) is 0 Å². The summed E-state index contributed by atoms with van der Waals surface area (Å²) in [5, 5.41) is 0. The minimum Gasteiger partial charge on any atom is -0.451 e. The van der Waals surface area contributed by atoms with Crippen molar-refractivity contribution < 1.29 is 14.3 Å². The highest BCUT2D eigenvalue weighted by atomic mass is 16.5. The topological polar surface area (TPSA) is 64.4 Å². The molecule has 0 radical (unpaired) electrons. The van der Waals surface area contributed by atoms with E-state index in [1.54, 1.807) is 12.5 Å². The smallest absolute Gasteiger partial charge is 0.303 e. The number of hydrogen-bond donors (Lipinski definition) is 0. The second-order valence-electron chi connectivity index (χ2n) is 7.52. The molecule has 6 heteroatoms. The summed E-state index contributed by atoms with van der Waals surface area (Å²) < 4.78 is 7.61. The molecule has 3 aromatic rings. The van der Waals surface area contributed by atoms with Crippen molar-refractivity contribution in [2.75, 3.05) is 11.4 Å². The van der Waals surface area contributed by atoms with E-state index in [0.717, 1.165) is 41.9 Å². The number of carbonyl (C=O) groups excluding carboxylic acids is 2. The molecular weight excluding hydrogens is 378 g/mol. The number of piperidine rings is 1. The van der Waals surface area contributed by atoms with Gasteiger partial charge < -0.3 is 14.2 Å². The van der Waals surface area contributed by atoms with Crippen molar-refractivity contribution in [2.24, 2.45) is 0 Å². The van der Waals surface area contributed by atoms with Gasteiger partial charge >= 0.3 is 5.97 Å². The molecule has 1 aromatic heterocycles. The molecule has 2 aromatic carbocycles. The predicted octanol–water partition coefficient (Wildman–Crippen LogP) is 4.10. The molecule has 0 saturated carbocycles. The number of ether oxygens (including phenoxy) is 1. The van der Waals surface area contributed by atoms with E-state index in [4.69, 9.17) is 4.74 Å². The lowest BCUT2D eigenvalue weighted by Gasteiger charge is -2.27. The molecule has 1 aliphatic heterocycles. The van der Waals surface area contributed by atoms with E-state index < -0.39 is 6.10 Å². The Morgan fingerprint density at radius 3 is 2.57 bits per heavy atom. The average molecular weight is 403 g/mol. The normalized spacial score (nSPS) is 15.1. The van der Waals surface area contributed by atoms with E-state index in [2.05, 4.69) is 4.98 Å². The van der Waals surface area contributed by atoms with Crippen LogP contribution in [0.4, 0.5) is 5.69 Å². The van der Waals surface area contributed by atoms with Crippen LogP contribution in [0.2, 0.25) is 0 Å². The standard InChI is InChI=1S/C24H25N3O3/c1-18(28)30-24(20-7-3-2-4-8-20)22-15-25-17-26(22)16-19-10-12-21(13-11-19)27-14-6-5-9-23(27)29/h2-4,7-8,10-13,15,17,24H,5-6,9,14,16H2,1H3.